The molecule has 0 saturated heterocycles. The van der Waals surface area contributed by atoms with E-state index in [1.807, 2.05) is 30.3 Å². The number of hydrogen-bond donors (Lipinski definition) is 0. The SMILES string of the molecule is O=[N+]([O-])c1ccccc1-c1cccc2c1ccc1cc3c(cc12)c1ccccc1n3-c1ccccc1. The van der Waals surface area contributed by atoms with Crippen molar-refractivity contribution >= 4 is 49.0 Å². The number of nitro groups is 1. The van der Waals surface area contributed by atoms with Crippen molar-refractivity contribution in [2.45, 2.75) is 0 Å². The van der Waals surface area contributed by atoms with Gasteiger partial charge in [-0.1, -0.05) is 78.9 Å². The average Bonchev–Trinajstić information content (AvgIpc) is 3.25. The van der Waals surface area contributed by atoms with Crippen molar-refractivity contribution in [1.29, 1.82) is 0 Å². The Hall–Kier alpha value is -4.96. The number of benzene rings is 6. The molecule has 0 aliphatic rings. The minimum Gasteiger partial charge on any atom is -0.309 e. The minimum absolute atomic E-state index is 0.117. The molecule has 0 amide bonds. The van der Waals surface area contributed by atoms with Crippen LogP contribution >= 0.6 is 0 Å². The molecule has 0 radical (unpaired) electrons. The van der Waals surface area contributed by atoms with E-state index in [2.05, 4.69) is 83.4 Å². The van der Waals surface area contributed by atoms with E-state index in [0.717, 1.165) is 38.3 Å². The highest BCUT2D eigenvalue weighted by atomic mass is 16.6. The van der Waals surface area contributed by atoms with E-state index >= 15 is 0 Å². The van der Waals surface area contributed by atoms with E-state index in [9.17, 15) is 10.1 Å². The maximum Gasteiger partial charge on any atom is 0.277 e. The van der Waals surface area contributed by atoms with Crippen LogP contribution in [0.4, 0.5) is 5.69 Å². The number of nitro benzene ring substituents is 1. The van der Waals surface area contributed by atoms with Crippen LogP contribution in [-0.4, -0.2) is 9.49 Å². The van der Waals surface area contributed by atoms with Gasteiger partial charge in [0.15, 0.2) is 0 Å². The van der Waals surface area contributed by atoms with Gasteiger partial charge in [0.25, 0.3) is 5.69 Å². The lowest BCUT2D eigenvalue weighted by Gasteiger charge is -2.11. The van der Waals surface area contributed by atoms with Crippen LogP contribution in [0.25, 0.3) is 60.2 Å². The molecule has 36 heavy (non-hydrogen) atoms. The van der Waals surface area contributed by atoms with Gasteiger partial charge >= 0.3 is 0 Å². The molecule has 1 heterocycles. The van der Waals surface area contributed by atoms with Crippen molar-refractivity contribution < 1.29 is 4.92 Å². The van der Waals surface area contributed by atoms with Crippen molar-refractivity contribution in [1.82, 2.24) is 4.57 Å². The summed E-state index contributed by atoms with van der Waals surface area (Å²) >= 11 is 0. The molecule has 0 bridgehead atoms. The molecule has 0 spiro atoms. The van der Waals surface area contributed by atoms with Crippen molar-refractivity contribution in [2.24, 2.45) is 0 Å². The normalized spacial score (nSPS) is 11.6. The Morgan fingerprint density at radius 1 is 0.528 bits per heavy atom. The summed E-state index contributed by atoms with van der Waals surface area (Å²) in [6, 6.07) is 40.7. The van der Waals surface area contributed by atoms with E-state index in [1.165, 1.54) is 16.3 Å². The second-order valence-corrected chi connectivity index (χ2v) is 9.02. The quantitative estimate of drug-likeness (QED) is 0.149. The first-order valence-corrected chi connectivity index (χ1v) is 11.9. The summed E-state index contributed by atoms with van der Waals surface area (Å²) in [6.07, 6.45) is 0. The minimum atomic E-state index is -0.308. The molecule has 4 nitrogen and oxygen atoms in total. The van der Waals surface area contributed by atoms with Gasteiger partial charge in [0.2, 0.25) is 0 Å². The van der Waals surface area contributed by atoms with Crippen LogP contribution in [0.1, 0.15) is 0 Å². The van der Waals surface area contributed by atoms with Gasteiger partial charge in [0.05, 0.1) is 21.5 Å². The summed E-state index contributed by atoms with van der Waals surface area (Å²) in [5.74, 6) is 0. The third-order valence-corrected chi connectivity index (χ3v) is 7.08. The lowest BCUT2D eigenvalue weighted by Crippen LogP contribution is -1.93. The van der Waals surface area contributed by atoms with Gasteiger partial charge in [-0.2, -0.15) is 0 Å². The molecule has 1 aromatic heterocycles. The smallest absolute Gasteiger partial charge is 0.277 e. The third kappa shape index (κ3) is 2.95. The molecule has 0 aliphatic carbocycles. The number of aromatic nitrogens is 1. The predicted octanol–water partition coefficient (Wildman–Crippen LogP) is 8.67. The summed E-state index contributed by atoms with van der Waals surface area (Å²) in [6.45, 7) is 0. The zero-order valence-corrected chi connectivity index (χ0v) is 19.3. The van der Waals surface area contributed by atoms with Crippen LogP contribution in [0.3, 0.4) is 0 Å². The van der Waals surface area contributed by atoms with Gasteiger partial charge < -0.3 is 4.57 Å². The Balaban J connectivity index is 1.58. The van der Waals surface area contributed by atoms with Crippen molar-refractivity contribution in [3.8, 4) is 16.8 Å². The zero-order valence-electron chi connectivity index (χ0n) is 19.3. The first kappa shape index (κ1) is 20.4. The highest BCUT2D eigenvalue weighted by molar-refractivity contribution is 6.20. The maximum absolute atomic E-state index is 11.7. The van der Waals surface area contributed by atoms with Gasteiger partial charge in [-0.3, -0.25) is 10.1 Å². The molecule has 6 aromatic carbocycles. The summed E-state index contributed by atoms with van der Waals surface area (Å²) in [5.41, 5.74) is 5.07. The average molecular weight is 465 g/mol. The second-order valence-electron chi connectivity index (χ2n) is 9.02. The predicted molar refractivity (Wildman–Crippen MR) is 148 cm³/mol. The second kappa shape index (κ2) is 7.79. The number of hydrogen-bond acceptors (Lipinski definition) is 2. The molecule has 7 aromatic rings. The van der Waals surface area contributed by atoms with E-state index in [1.54, 1.807) is 12.1 Å². The summed E-state index contributed by atoms with van der Waals surface area (Å²) in [4.78, 5) is 11.4. The van der Waals surface area contributed by atoms with Crippen molar-refractivity contribution in [2.75, 3.05) is 0 Å². The van der Waals surface area contributed by atoms with Gasteiger partial charge in [-0.05, 0) is 63.5 Å². The Bertz CT molecular complexity index is 1970. The summed E-state index contributed by atoms with van der Waals surface area (Å²) in [7, 11) is 0. The fourth-order valence-electron chi connectivity index (χ4n) is 5.51. The highest BCUT2D eigenvalue weighted by Crippen LogP contribution is 2.40. The molecule has 0 atom stereocenters. The van der Waals surface area contributed by atoms with E-state index in [-0.39, 0.29) is 10.6 Å². The van der Waals surface area contributed by atoms with Crippen LogP contribution < -0.4 is 0 Å². The Morgan fingerprint density at radius 3 is 2.11 bits per heavy atom. The molecule has 0 fully saturated rings. The topological polar surface area (TPSA) is 48.1 Å². The van der Waals surface area contributed by atoms with E-state index < -0.39 is 0 Å². The molecular formula is C32H20N2O2. The molecule has 0 N–H and O–H groups in total. The van der Waals surface area contributed by atoms with Crippen molar-refractivity contribution in [3.05, 3.63) is 131 Å². The highest BCUT2D eigenvalue weighted by Gasteiger charge is 2.18. The number of nitrogens with zero attached hydrogens (tertiary/aromatic N) is 2. The maximum atomic E-state index is 11.7. The first-order valence-electron chi connectivity index (χ1n) is 11.9. The largest absolute Gasteiger partial charge is 0.309 e. The first-order chi connectivity index (χ1) is 17.7. The molecule has 0 saturated carbocycles. The van der Waals surface area contributed by atoms with Crippen LogP contribution in [0.2, 0.25) is 0 Å². The fourth-order valence-corrected chi connectivity index (χ4v) is 5.51. The van der Waals surface area contributed by atoms with Crippen LogP contribution in [0.5, 0.6) is 0 Å². The molecule has 4 heteroatoms. The monoisotopic (exact) mass is 464 g/mol. The number of fused-ring (bicyclic) bond motifs is 6. The van der Waals surface area contributed by atoms with Gasteiger partial charge in [-0.25, -0.2) is 0 Å². The van der Waals surface area contributed by atoms with E-state index in [4.69, 9.17) is 0 Å². The molecular weight excluding hydrogens is 444 g/mol. The lowest BCUT2D eigenvalue weighted by molar-refractivity contribution is -0.384. The van der Waals surface area contributed by atoms with Crippen molar-refractivity contribution in [3.63, 3.8) is 0 Å². The van der Waals surface area contributed by atoms with Gasteiger partial charge in [0.1, 0.15) is 0 Å². The Kier molecular flexibility index (Phi) is 4.42. The summed E-state index contributed by atoms with van der Waals surface area (Å²) in [5, 5.41) is 18.5. The Morgan fingerprint density at radius 2 is 1.25 bits per heavy atom. The number of para-hydroxylation sites is 3. The standard InChI is InChI=1S/C32H20N2O2/c35-34(36)31-16-7-5-11-26(31)23-13-8-14-24-25(23)18-17-21-19-32-29(20-28(21)24)27-12-4-6-15-30(27)33(32)22-9-2-1-3-10-22/h1-20H. The molecule has 0 aliphatic heterocycles. The van der Waals surface area contributed by atoms with Crippen LogP contribution in [0, 0.1) is 10.1 Å². The van der Waals surface area contributed by atoms with E-state index in [0.29, 0.717) is 5.56 Å². The molecule has 0 unspecified atom stereocenters. The molecule has 170 valence electrons. The lowest BCUT2D eigenvalue weighted by atomic mass is 9.93. The molecule has 7 rings (SSSR count). The number of rotatable bonds is 3. The van der Waals surface area contributed by atoms with Crippen LogP contribution in [0.15, 0.2) is 121 Å². The zero-order chi connectivity index (χ0) is 24.2. The summed E-state index contributed by atoms with van der Waals surface area (Å²) < 4.78 is 2.32. The van der Waals surface area contributed by atoms with Crippen LogP contribution in [-0.2, 0) is 0 Å². The fraction of sp³-hybridized carbons (Fsp3) is 0. The third-order valence-electron chi connectivity index (χ3n) is 7.08. The van der Waals surface area contributed by atoms with Gasteiger partial charge in [-0.15, -0.1) is 0 Å². The van der Waals surface area contributed by atoms with Gasteiger partial charge in [0, 0.05) is 22.5 Å². The Labute approximate surface area is 206 Å².